The number of carboxylic acid groups (broad SMARTS) is 1. The lowest BCUT2D eigenvalue weighted by atomic mass is 10.1. The molecule has 1 unspecified atom stereocenters. The van der Waals surface area contributed by atoms with Gasteiger partial charge in [-0.3, -0.25) is 4.79 Å². The summed E-state index contributed by atoms with van der Waals surface area (Å²) in [6, 6.07) is 7.49. The van der Waals surface area contributed by atoms with E-state index in [2.05, 4.69) is 15.9 Å². The third-order valence-electron chi connectivity index (χ3n) is 1.85. The molecule has 0 saturated carbocycles. The van der Waals surface area contributed by atoms with E-state index in [4.69, 9.17) is 9.84 Å². The van der Waals surface area contributed by atoms with Gasteiger partial charge in [0.15, 0.2) is 0 Å². The van der Waals surface area contributed by atoms with Crippen molar-refractivity contribution >= 4 is 21.9 Å². The van der Waals surface area contributed by atoms with Crippen molar-refractivity contribution in [3.05, 3.63) is 28.7 Å². The molecule has 0 aliphatic rings. The van der Waals surface area contributed by atoms with Crippen LogP contribution in [-0.2, 0) is 4.79 Å². The van der Waals surface area contributed by atoms with Crippen LogP contribution in [0.4, 0.5) is 0 Å². The molecule has 0 aliphatic carbocycles. The van der Waals surface area contributed by atoms with Crippen molar-refractivity contribution in [3.8, 4) is 5.75 Å². The van der Waals surface area contributed by atoms with Crippen molar-refractivity contribution in [2.75, 3.05) is 6.61 Å². The van der Waals surface area contributed by atoms with Crippen molar-refractivity contribution in [1.29, 1.82) is 0 Å². The molecule has 0 aliphatic heterocycles. The summed E-state index contributed by atoms with van der Waals surface area (Å²) in [4.78, 5) is 10.4. The van der Waals surface area contributed by atoms with Crippen LogP contribution in [0.15, 0.2) is 28.7 Å². The van der Waals surface area contributed by atoms with Crippen molar-refractivity contribution < 1.29 is 14.6 Å². The maximum absolute atomic E-state index is 10.4. The fraction of sp³-hybridized carbons (Fsp3) is 0.364. The Bertz CT molecular complexity index is 338. The Balaban J connectivity index is 2.40. The Morgan fingerprint density at radius 2 is 2.33 bits per heavy atom. The van der Waals surface area contributed by atoms with E-state index >= 15 is 0 Å². The number of rotatable bonds is 5. The van der Waals surface area contributed by atoms with Crippen LogP contribution in [0.5, 0.6) is 5.75 Å². The number of aliphatic carboxylic acids is 1. The molecule has 0 spiro atoms. The van der Waals surface area contributed by atoms with E-state index in [-0.39, 0.29) is 12.3 Å². The highest BCUT2D eigenvalue weighted by molar-refractivity contribution is 9.10. The highest BCUT2D eigenvalue weighted by Gasteiger charge is 2.08. The van der Waals surface area contributed by atoms with Gasteiger partial charge in [-0.2, -0.15) is 0 Å². The minimum Gasteiger partial charge on any atom is -0.493 e. The van der Waals surface area contributed by atoms with Crippen LogP contribution < -0.4 is 4.74 Å². The molecule has 0 heterocycles. The van der Waals surface area contributed by atoms with Crippen molar-refractivity contribution in [1.82, 2.24) is 0 Å². The summed E-state index contributed by atoms with van der Waals surface area (Å²) in [5.41, 5.74) is 0. The van der Waals surface area contributed by atoms with Gasteiger partial charge in [-0.1, -0.05) is 28.9 Å². The minimum absolute atomic E-state index is 0.0153. The zero-order valence-corrected chi connectivity index (χ0v) is 10.0. The smallest absolute Gasteiger partial charge is 0.303 e. The lowest BCUT2D eigenvalue weighted by Crippen LogP contribution is -2.12. The van der Waals surface area contributed by atoms with Gasteiger partial charge in [0.1, 0.15) is 5.75 Å². The average Bonchev–Trinajstić information content (AvgIpc) is 2.14. The Hall–Kier alpha value is -1.03. The standard InChI is InChI=1S/C11H13BrO3/c1-8(5-11(13)14)7-15-10-4-2-3-9(12)6-10/h2-4,6,8H,5,7H2,1H3,(H,13,14). The highest BCUT2D eigenvalue weighted by Crippen LogP contribution is 2.18. The molecular formula is C11H13BrO3. The maximum Gasteiger partial charge on any atom is 0.303 e. The molecule has 1 N–H and O–H groups in total. The monoisotopic (exact) mass is 272 g/mol. The summed E-state index contributed by atoms with van der Waals surface area (Å²) >= 11 is 3.34. The van der Waals surface area contributed by atoms with Crippen LogP contribution in [0.1, 0.15) is 13.3 Å². The molecule has 0 aromatic heterocycles. The largest absolute Gasteiger partial charge is 0.493 e. The predicted molar refractivity (Wildman–Crippen MR) is 61.1 cm³/mol. The van der Waals surface area contributed by atoms with Crippen molar-refractivity contribution in [3.63, 3.8) is 0 Å². The number of benzene rings is 1. The molecule has 0 fully saturated rings. The lowest BCUT2D eigenvalue weighted by molar-refractivity contribution is -0.138. The fourth-order valence-corrected chi connectivity index (χ4v) is 1.53. The van der Waals surface area contributed by atoms with E-state index in [1.807, 2.05) is 31.2 Å². The summed E-state index contributed by atoms with van der Waals surface area (Å²) in [6.45, 7) is 2.27. The van der Waals surface area contributed by atoms with Gasteiger partial charge >= 0.3 is 5.97 Å². The third kappa shape index (κ3) is 4.83. The summed E-state index contributed by atoms with van der Waals surface area (Å²) in [5, 5.41) is 8.56. The highest BCUT2D eigenvalue weighted by atomic mass is 79.9. The van der Waals surface area contributed by atoms with E-state index in [9.17, 15) is 4.79 Å². The third-order valence-corrected chi connectivity index (χ3v) is 2.35. The van der Waals surface area contributed by atoms with Crippen LogP contribution in [0.2, 0.25) is 0 Å². The molecule has 82 valence electrons. The van der Waals surface area contributed by atoms with Crippen LogP contribution in [0.25, 0.3) is 0 Å². The fourth-order valence-electron chi connectivity index (χ4n) is 1.15. The van der Waals surface area contributed by atoms with Crippen molar-refractivity contribution in [2.45, 2.75) is 13.3 Å². The van der Waals surface area contributed by atoms with Gasteiger partial charge in [0, 0.05) is 10.4 Å². The Morgan fingerprint density at radius 1 is 1.60 bits per heavy atom. The number of hydrogen-bond acceptors (Lipinski definition) is 2. The molecule has 1 atom stereocenters. The molecule has 0 bridgehead atoms. The Morgan fingerprint density at radius 3 is 2.93 bits per heavy atom. The first-order valence-electron chi connectivity index (χ1n) is 4.68. The number of carbonyl (C=O) groups is 1. The molecule has 0 amide bonds. The second-order valence-electron chi connectivity index (χ2n) is 3.47. The van der Waals surface area contributed by atoms with Crippen molar-refractivity contribution in [2.24, 2.45) is 5.92 Å². The predicted octanol–water partition coefficient (Wildman–Crippen LogP) is 2.94. The summed E-state index contributed by atoms with van der Waals surface area (Å²) < 4.78 is 6.41. The second-order valence-corrected chi connectivity index (χ2v) is 4.39. The molecule has 0 saturated heterocycles. The average molecular weight is 273 g/mol. The maximum atomic E-state index is 10.4. The van der Waals surface area contributed by atoms with Gasteiger partial charge in [-0.15, -0.1) is 0 Å². The van der Waals surface area contributed by atoms with Gasteiger partial charge < -0.3 is 9.84 Å². The van der Waals surface area contributed by atoms with E-state index in [0.717, 1.165) is 10.2 Å². The van der Waals surface area contributed by atoms with E-state index in [1.54, 1.807) is 0 Å². The molecule has 3 nitrogen and oxygen atoms in total. The molecule has 1 rings (SSSR count). The minimum atomic E-state index is -0.791. The number of hydrogen-bond donors (Lipinski definition) is 1. The zero-order valence-electron chi connectivity index (χ0n) is 8.44. The van der Waals surface area contributed by atoms with Gasteiger partial charge in [0.2, 0.25) is 0 Å². The summed E-state index contributed by atoms with van der Waals surface area (Å²) in [5.74, 6) is -0.0246. The first-order chi connectivity index (χ1) is 7.08. The molecule has 1 aromatic rings. The van der Waals surface area contributed by atoms with Crippen LogP contribution >= 0.6 is 15.9 Å². The lowest BCUT2D eigenvalue weighted by Gasteiger charge is -2.10. The quantitative estimate of drug-likeness (QED) is 0.897. The summed E-state index contributed by atoms with van der Waals surface area (Å²) in [6.07, 6.45) is 0.133. The molecule has 4 heteroatoms. The van der Waals surface area contributed by atoms with Gasteiger partial charge in [0.25, 0.3) is 0 Å². The number of ether oxygens (including phenoxy) is 1. The van der Waals surface area contributed by atoms with Gasteiger partial charge in [-0.25, -0.2) is 0 Å². The molecule has 15 heavy (non-hydrogen) atoms. The second kappa shape index (κ2) is 5.75. The summed E-state index contributed by atoms with van der Waals surface area (Å²) in [7, 11) is 0. The first-order valence-corrected chi connectivity index (χ1v) is 5.47. The van der Waals surface area contributed by atoms with Gasteiger partial charge in [-0.05, 0) is 18.2 Å². The van der Waals surface area contributed by atoms with Crippen LogP contribution in [0.3, 0.4) is 0 Å². The molecular weight excluding hydrogens is 260 g/mol. The van der Waals surface area contributed by atoms with E-state index in [0.29, 0.717) is 6.61 Å². The molecule has 0 radical (unpaired) electrons. The number of carboxylic acids is 1. The first kappa shape index (κ1) is 12.0. The zero-order chi connectivity index (χ0) is 11.3. The normalized spacial score (nSPS) is 12.1. The van der Waals surface area contributed by atoms with Crippen LogP contribution in [0, 0.1) is 5.92 Å². The van der Waals surface area contributed by atoms with E-state index in [1.165, 1.54) is 0 Å². The van der Waals surface area contributed by atoms with Crippen LogP contribution in [-0.4, -0.2) is 17.7 Å². The van der Waals surface area contributed by atoms with Gasteiger partial charge in [0.05, 0.1) is 13.0 Å². The Kier molecular flexibility index (Phi) is 4.62. The van der Waals surface area contributed by atoms with E-state index < -0.39 is 5.97 Å². The SMILES string of the molecule is CC(COc1cccc(Br)c1)CC(=O)O. The Labute approximate surface area is 97.2 Å². The molecule has 1 aromatic carbocycles. The number of halogens is 1. The topological polar surface area (TPSA) is 46.5 Å².